The number of unbranched alkanes of at least 4 members (excludes halogenated alkanes) is 1. The van der Waals surface area contributed by atoms with Crippen LogP contribution in [0.15, 0.2) is 72.0 Å². The molecule has 0 radical (unpaired) electrons. The lowest BCUT2D eigenvalue weighted by atomic mass is 10.0. The van der Waals surface area contributed by atoms with Gasteiger partial charge in [0.2, 0.25) is 0 Å². The minimum absolute atomic E-state index is 0.147. The van der Waals surface area contributed by atoms with Crippen LogP contribution in [0.2, 0.25) is 0 Å². The molecule has 2 aliphatic carbocycles. The minimum Gasteiger partial charge on any atom is -0.492 e. The maximum atomic E-state index is 14.0. The van der Waals surface area contributed by atoms with Crippen LogP contribution in [0.5, 0.6) is 5.75 Å². The first-order chi connectivity index (χ1) is 24.0. The lowest BCUT2D eigenvalue weighted by Crippen LogP contribution is -2.30. The van der Waals surface area contributed by atoms with Crippen molar-refractivity contribution in [2.75, 3.05) is 33.4 Å². The van der Waals surface area contributed by atoms with Gasteiger partial charge in [0.05, 0.1) is 6.61 Å². The third-order valence-corrected chi connectivity index (χ3v) is 9.36. The number of hydrogen-bond donors (Lipinski definition) is 1. The summed E-state index contributed by atoms with van der Waals surface area (Å²) in [4.78, 5) is 15.2. The molecule has 4 atom stereocenters. The molecule has 0 bridgehead atoms. The molecule has 274 valence electrons. The molecular weight excluding hydrogens is 641 g/mol. The fourth-order valence-electron chi connectivity index (χ4n) is 6.11. The summed E-state index contributed by atoms with van der Waals surface area (Å²) in [6.45, 7) is 11.1. The number of nitrogens with one attached hydrogen (secondary N) is 1. The van der Waals surface area contributed by atoms with E-state index in [-0.39, 0.29) is 18.1 Å². The van der Waals surface area contributed by atoms with Gasteiger partial charge in [-0.15, -0.1) is 0 Å². The Morgan fingerprint density at radius 2 is 1.76 bits per heavy atom. The Balaban J connectivity index is 1.23. The summed E-state index contributed by atoms with van der Waals surface area (Å²) >= 11 is 0. The average molecular weight is 697 g/mol. The van der Waals surface area contributed by atoms with E-state index in [1.54, 1.807) is 0 Å². The van der Waals surface area contributed by atoms with Gasteiger partial charge >= 0.3 is 5.97 Å². The Morgan fingerprint density at radius 1 is 1.00 bits per heavy atom. The average Bonchev–Trinajstić information content (AvgIpc) is 3.86. The van der Waals surface area contributed by atoms with Crippen molar-refractivity contribution in [1.29, 1.82) is 0 Å². The van der Waals surface area contributed by atoms with E-state index in [1.807, 2.05) is 60.5 Å². The van der Waals surface area contributed by atoms with E-state index in [0.29, 0.717) is 68.2 Å². The number of nitrogens with zero attached hydrogens (tertiary/aromatic N) is 1. The third-order valence-electron chi connectivity index (χ3n) is 9.36. The smallest absolute Gasteiger partial charge is 0.347 e. The Hall–Kier alpha value is -3.56. The Morgan fingerprint density at radius 3 is 2.50 bits per heavy atom. The van der Waals surface area contributed by atoms with Crippen LogP contribution in [0, 0.1) is 29.3 Å². The minimum atomic E-state index is -1.17. The van der Waals surface area contributed by atoms with Crippen molar-refractivity contribution < 1.29 is 32.2 Å². The Labute approximate surface area is 296 Å². The highest BCUT2D eigenvalue weighted by Gasteiger charge is 2.37. The van der Waals surface area contributed by atoms with Crippen molar-refractivity contribution >= 4 is 5.97 Å². The molecular formula is C41H55F3N2O4. The first kappa shape index (κ1) is 39.2. The SMILES string of the molecule is CCCCC(C)CCOC(=O)C(CC1=CC=C(OCCN[C@@H]2CC2CN(C)Cc2cc(F)c(F)cc2F)C=CC1)Oc1ccc(C(C)C)cc1. The number of hydrogen-bond acceptors (Lipinski definition) is 6. The van der Waals surface area contributed by atoms with Crippen LogP contribution >= 0.6 is 0 Å². The van der Waals surface area contributed by atoms with Gasteiger partial charge in [-0.2, -0.15) is 0 Å². The first-order valence-electron chi connectivity index (χ1n) is 18.2. The van der Waals surface area contributed by atoms with Crippen molar-refractivity contribution in [2.24, 2.45) is 11.8 Å². The summed E-state index contributed by atoms with van der Waals surface area (Å²) in [5.74, 6) is -0.593. The summed E-state index contributed by atoms with van der Waals surface area (Å²) in [5, 5.41) is 3.50. The van der Waals surface area contributed by atoms with Crippen LogP contribution in [-0.2, 0) is 20.8 Å². The van der Waals surface area contributed by atoms with E-state index in [4.69, 9.17) is 14.2 Å². The maximum Gasteiger partial charge on any atom is 0.347 e. The van der Waals surface area contributed by atoms with E-state index >= 15 is 0 Å². The molecule has 50 heavy (non-hydrogen) atoms. The predicted molar refractivity (Wildman–Crippen MR) is 192 cm³/mol. The van der Waals surface area contributed by atoms with Crippen molar-refractivity contribution in [3.8, 4) is 5.75 Å². The molecule has 9 heteroatoms. The van der Waals surface area contributed by atoms with Gasteiger partial charge < -0.3 is 24.4 Å². The first-order valence-corrected chi connectivity index (χ1v) is 18.2. The van der Waals surface area contributed by atoms with Crippen molar-refractivity contribution in [3.63, 3.8) is 0 Å². The largest absolute Gasteiger partial charge is 0.492 e. The number of benzene rings is 2. The van der Waals surface area contributed by atoms with Gasteiger partial charge in [-0.1, -0.05) is 76.8 Å². The molecule has 0 aromatic heterocycles. The topological polar surface area (TPSA) is 60.0 Å². The fraction of sp³-hybridized carbons (Fsp3) is 0.537. The second-order valence-corrected chi connectivity index (χ2v) is 14.2. The number of ether oxygens (including phenoxy) is 3. The van der Waals surface area contributed by atoms with E-state index in [1.165, 1.54) is 12.0 Å². The summed E-state index contributed by atoms with van der Waals surface area (Å²) in [5.41, 5.74) is 2.40. The van der Waals surface area contributed by atoms with Crippen molar-refractivity contribution in [3.05, 3.63) is 101 Å². The Bertz CT molecular complexity index is 1470. The molecule has 0 heterocycles. The van der Waals surface area contributed by atoms with E-state index in [0.717, 1.165) is 49.6 Å². The molecule has 2 aromatic carbocycles. The summed E-state index contributed by atoms with van der Waals surface area (Å²) in [6, 6.07) is 9.78. The van der Waals surface area contributed by atoms with Crippen LogP contribution in [0.3, 0.4) is 0 Å². The van der Waals surface area contributed by atoms with Gasteiger partial charge in [-0.3, -0.25) is 0 Å². The molecule has 2 aromatic rings. The van der Waals surface area contributed by atoms with Gasteiger partial charge in [0.25, 0.3) is 0 Å². The summed E-state index contributed by atoms with van der Waals surface area (Å²) in [6.07, 6.45) is 13.5. The summed E-state index contributed by atoms with van der Waals surface area (Å²) < 4.78 is 58.8. The zero-order chi connectivity index (χ0) is 36.0. The Kier molecular flexibility index (Phi) is 15.5. The summed E-state index contributed by atoms with van der Waals surface area (Å²) in [7, 11) is 1.85. The molecule has 1 saturated carbocycles. The molecule has 4 rings (SSSR count). The van der Waals surface area contributed by atoms with Crippen LogP contribution in [0.1, 0.15) is 89.7 Å². The normalized spacial score (nSPS) is 18.4. The second-order valence-electron chi connectivity index (χ2n) is 14.2. The molecule has 0 saturated heterocycles. The monoisotopic (exact) mass is 696 g/mol. The fourth-order valence-corrected chi connectivity index (χ4v) is 6.11. The molecule has 0 aliphatic heterocycles. The van der Waals surface area contributed by atoms with Crippen LogP contribution in [0.25, 0.3) is 0 Å². The van der Waals surface area contributed by atoms with Gasteiger partial charge in [-0.05, 0) is 80.0 Å². The number of esters is 1. The lowest BCUT2D eigenvalue weighted by molar-refractivity contribution is -0.152. The van der Waals surface area contributed by atoms with E-state index < -0.39 is 23.6 Å². The number of carbonyl (C=O) groups is 1. The molecule has 3 unspecified atom stereocenters. The van der Waals surface area contributed by atoms with E-state index in [9.17, 15) is 18.0 Å². The maximum absolute atomic E-state index is 14.0. The standard InChI is InChI=1S/C41H55F3N2O4/c1-6-7-9-29(4)18-20-49-41(47)40(50-35-16-13-31(14-17-35)28(2)3)22-30-10-8-11-34(15-12-30)48-21-19-45-39-24-33(39)27-46(5)26-32-23-37(43)38(44)25-36(32)42/h8,11-17,23,25,28-29,33,39-40,45H,6-7,9-10,18-22,24,26-27H2,1-5H3/t29?,33?,39-,40?/m1/s1. The van der Waals surface area contributed by atoms with E-state index in [2.05, 4.69) is 33.0 Å². The van der Waals surface area contributed by atoms with Crippen molar-refractivity contribution in [2.45, 2.75) is 97.2 Å². The molecule has 1 fully saturated rings. The highest BCUT2D eigenvalue weighted by atomic mass is 19.2. The molecule has 2 aliphatic rings. The number of rotatable bonds is 21. The van der Waals surface area contributed by atoms with Gasteiger partial charge in [0.15, 0.2) is 17.7 Å². The lowest BCUT2D eigenvalue weighted by Gasteiger charge is -2.20. The number of allylic oxidation sites excluding steroid dienone is 4. The van der Waals surface area contributed by atoms with Gasteiger partial charge in [0, 0.05) is 43.7 Å². The number of carbonyl (C=O) groups excluding carboxylic acids is 1. The molecule has 0 spiro atoms. The predicted octanol–water partition coefficient (Wildman–Crippen LogP) is 9.02. The zero-order valence-corrected chi connectivity index (χ0v) is 30.4. The van der Waals surface area contributed by atoms with Gasteiger partial charge in [-0.25, -0.2) is 18.0 Å². The highest BCUT2D eigenvalue weighted by molar-refractivity contribution is 5.75. The molecule has 0 amide bonds. The van der Waals surface area contributed by atoms with Crippen LogP contribution < -0.4 is 10.1 Å². The van der Waals surface area contributed by atoms with Crippen LogP contribution in [0.4, 0.5) is 13.2 Å². The zero-order valence-electron chi connectivity index (χ0n) is 30.4. The van der Waals surface area contributed by atoms with Gasteiger partial charge in [0.1, 0.15) is 23.9 Å². The second kappa shape index (κ2) is 19.7. The molecule has 1 N–H and O–H groups in total. The van der Waals surface area contributed by atoms with Crippen molar-refractivity contribution in [1.82, 2.24) is 10.2 Å². The molecule has 6 nitrogen and oxygen atoms in total. The highest BCUT2D eigenvalue weighted by Crippen LogP contribution is 2.31. The number of halogens is 3. The van der Waals surface area contributed by atoms with Crippen LogP contribution in [-0.4, -0.2) is 56.4 Å². The quantitative estimate of drug-likeness (QED) is 0.0799. The third kappa shape index (κ3) is 13.0.